The van der Waals surface area contributed by atoms with Crippen LogP contribution in [-0.4, -0.2) is 14.8 Å². The van der Waals surface area contributed by atoms with E-state index >= 15 is 0 Å². The number of aromatic nitrogens is 3. The second-order valence-corrected chi connectivity index (χ2v) is 6.07. The Morgan fingerprint density at radius 2 is 1.91 bits per heavy atom. The Bertz CT molecular complexity index is 798. The predicted molar refractivity (Wildman–Crippen MR) is 87.1 cm³/mol. The van der Waals surface area contributed by atoms with Gasteiger partial charge in [0.1, 0.15) is 5.82 Å². The molecular formula is C17H16FN3S. The van der Waals surface area contributed by atoms with Gasteiger partial charge in [0.15, 0.2) is 11.0 Å². The minimum atomic E-state index is -0.284. The topological polar surface area (TPSA) is 30.7 Å². The molecule has 1 aromatic heterocycles. The molecule has 0 N–H and O–H groups in total. The van der Waals surface area contributed by atoms with Gasteiger partial charge in [-0.1, -0.05) is 53.7 Å². The van der Waals surface area contributed by atoms with Crippen LogP contribution in [0, 0.1) is 12.7 Å². The fourth-order valence-corrected chi connectivity index (χ4v) is 3.12. The van der Waals surface area contributed by atoms with Crippen LogP contribution in [0.1, 0.15) is 11.1 Å². The van der Waals surface area contributed by atoms with E-state index in [4.69, 9.17) is 0 Å². The number of thioether (sulfide) groups is 1. The van der Waals surface area contributed by atoms with Crippen molar-refractivity contribution in [2.75, 3.05) is 0 Å². The first-order valence-corrected chi connectivity index (χ1v) is 7.96. The second kappa shape index (κ2) is 6.32. The number of aryl methyl sites for hydroxylation is 1. The summed E-state index contributed by atoms with van der Waals surface area (Å²) in [5.74, 6) is 1.07. The van der Waals surface area contributed by atoms with Crippen LogP contribution in [0.15, 0.2) is 53.7 Å². The highest BCUT2D eigenvalue weighted by Crippen LogP contribution is 2.26. The molecular weight excluding hydrogens is 297 g/mol. The lowest BCUT2D eigenvalue weighted by molar-refractivity contribution is 0.628. The highest BCUT2D eigenvalue weighted by atomic mass is 32.2. The highest BCUT2D eigenvalue weighted by Gasteiger charge is 2.14. The first-order valence-electron chi connectivity index (χ1n) is 6.98. The van der Waals surface area contributed by atoms with E-state index < -0.39 is 0 Å². The van der Waals surface area contributed by atoms with Crippen LogP contribution < -0.4 is 0 Å². The van der Waals surface area contributed by atoms with E-state index in [9.17, 15) is 4.39 Å². The average molecular weight is 313 g/mol. The molecule has 3 rings (SSSR count). The minimum Gasteiger partial charge on any atom is -0.305 e. The lowest BCUT2D eigenvalue weighted by atomic mass is 10.2. The fraction of sp³-hybridized carbons (Fsp3) is 0.176. The lowest BCUT2D eigenvalue weighted by Crippen LogP contribution is -1.96. The van der Waals surface area contributed by atoms with E-state index in [2.05, 4.69) is 35.3 Å². The number of hydrogen-bond donors (Lipinski definition) is 0. The molecule has 0 radical (unpaired) electrons. The maximum atomic E-state index is 13.9. The summed E-state index contributed by atoms with van der Waals surface area (Å²) >= 11 is 1.60. The van der Waals surface area contributed by atoms with Crippen LogP contribution in [0.4, 0.5) is 4.39 Å². The second-order valence-electron chi connectivity index (χ2n) is 5.12. The third-order valence-electron chi connectivity index (χ3n) is 3.40. The van der Waals surface area contributed by atoms with E-state index in [0.717, 1.165) is 10.9 Å². The fourth-order valence-electron chi connectivity index (χ4n) is 2.27. The molecule has 112 valence electrons. The van der Waals surface area contributed by atoms with Gasteiger partial charge in [0.25, 0.3) is 0 Å². The van der Waals surface area contributed by atoms with E-state index in [1.807, 2.05) is 17.7 Å². The van der Waals surface area contributed by atoms with Gasteiger partial charge in [0.05, 0.1) is 5.56 Å². The van der Waals surface area contributed by atoms with Crippen LogP contribution >= 0.6 is 11.8 Å². The van der Waals surface area contributed by atoms with Crippen LogP contribution in [0.5, 0.6) is 0 Å². The summed E-state index contributed by atoms with van der Waals surface area (Å²) in [5.41, 5.74) is 2.95. The lowest BCUT2D eigenvalue weighted by Gasteiger charge is -2.05. The molecule has 22 heavy (non-hydrogen) atoms. The first kappa shape index (κ1) is 14.8. The number of hydrogen-bond acceptors (Lipinski definition) is 3. The molecule has 0 aliphatic heterocycles. The zero-order valence-electron chi connectivity index (χ0n) is 12.5. The number of rotatable bonds is 4. The Labute approximate surface area is 133 Å². The molecule has 0 spiro atoms. The van der Waals surface area contributed by atoms with Crippen molar-refractivity contribution in [1.29, 1.82) is 0 Å². The summed E-state index contributed by atoms with van der Waals surface area (Å²) in [5, 5.41) is 9.09. The molecule has 0 bridgehead atoms. The molecule has 0 atom stereocenters. The summed E-state index contributed by atoms with van der Waals surface area (Å²) in [6.45, 7) is 2.08. The van der Waals surface area contributed by atoms with Gasteiger partial charge in [-0.2, -0.15) is 0 Å². The summed E-state index contributed by atoms with van der Waals surface area (Å²) in [6, 6.07) is 15.0. The molecule has 0 amide bonds. The van der Waals surface area contributed by atoms with Crippen LogP contribution in [0.3, 0.4) is 0 Å². The van der Waals surface area contributed by atoms with Crippen LogP contribution in [0.25, 0.3) is 11.4 Å². The molecule has 0 saturated carbocycles. The predicted octanol–water partition coefficient (Wildman–Crippen LogP) is 4.22. The summed E-state index contributed by atoms with van der Waals surface area (Å²) in [7, 11) is 1.86. The molecule has 3 nitrogen and oxygen atoms in total. The number of nitrogens with zero attached hydrogens (tertiary/aromatic N) is 3. The quantitative estimate of drug-likeness (QED) is 0.676. The smallest absolute Gasteiger partial charge is 0.191 e. The van der Waals surface area contributed by atoms with Crippen LogP contribution in [-0.2, 0) is 12.8 Å². The first-order chi connectivity index (χ1) is 10.6. The van der Waals surface area contributed by atoms with Gasteiger partial charge in [0, 0.05) is 12.8 Å². The third-order valence-corrected chi connectivity index (χ3v) is 4.49. The van der Waals surface area contributed by atoms with Gasteiger partial charge in [0.2, 0.25) is 0 Å². The van der Waals surface area contributed by atoms with Crippen molar-refractivity contribution >= 4 is 11.8 Å². The van der Waals surface area contributed by atoms with Crippen molar-refractivity contribution in [1.82, 2.24) is 14.8 Å². The molecule has 0 fully saturated rings. The molecule has 2 aromatic carbocycles. The van der Waals surface area contributed by atoms with Crippen molar-refractivity contribution in [3.05, 3.63) is 65.5 Å². The van der Waals surface area contributed by atoms with E-state index in [1.54, 1.807) is 30.0 Å². The highest BCUT2D eigenvalue weighted by molar-refractivity contribution is 7.98. The zero-order valence-corrected chi connectivity index (χ0v) is 13.3. The normalized spacial score (nSPS) is 10.9. The average Bonchev–Trinajstić information content (AvgIpc) is 2.87. The maximum absolute atomic E-state index is 13.9. The Kier molecular flexibility index (Phi) is 4.24. The molecule has 5 heteroatoms. The number of benzene rings is 2. The minimum absolute atomic E-state index is 0.284. The monoisotopic (exact) mass is 313 g/mol. The SMILES string of the molecule is Cc1cccc(CSc2nnc(-c3ccccc3F)n2C)c1. The Morgan fingerprint density at radius 3 is 2.68 bits per heavy atom. The largest absolute Gasteiger partial charge is 0.305 e. The van der Waals surface area contributed by atoms with Gasteiger partial charge in [-0.15, -0.1) is 10.2 Å². The van der Waals surface area contributed by atoms with Gasteiger partial charge < -0.3 is 4.57 Å². The van der Waals surface area contributed by atoms with Gasteiger partial charge >= 0.3 is 0 Å². The molecule has 0 saturated heterocycles. The van der Waals surface area contributed by atoms with E-state index in [1.165, 1.54) is 17.2 Å². The summed E-state index contributed by atoms with van der Waals surface area (Å²) in [6.07, 6.45) is 0. The van der Waals surface area contributed by atoms with E-state index in [-0.39, 0.29) is 5.82 Å². The summed E-state index contributed by atoms with van der Waals surface area (Å²) < 4.78 is 15.7. The molecule has 0 aliphatic carbocycles. The standard InChI is InChI=1S/C17H16FN3S/c1-12-6-5-7-13(10-12)11-22-17-20-19-16(21(17)2)14-8-3-4-9-15(14)18/h3-10H,11H2,1-2H3. The van der Waals surface area contributed by atoms with E-state index in [0.29, 0.717) is 11.4 Å². The van der Waals surface area contributed by atoms with Crippen molar-refractivity contribution in [2.24, 2.45) is 7.05 Å². The Balaban J connectivity index is 1.81. The van der Waals surface area contributed by atoms with Crippen molar-refractivity contribution in [2.45, 2.75) is 17.8 Å². The van der Waals surface area contributed by atoms with Gasteiger partial charge in [-0.3, -0.25) is 0 Å². The van der Waals surface area contributed by atoms with Gasteiger partial charge in [-0.05, 0) is 24.6 Å². The van der Waals surface area contributed by atoms with Gasteiger partial charge in [-0.25, -0.2) is 4.39 Å². The number of halogens is 1. The molecule has 3 aromatic rings. The third kappa shape index (κ3) is 3.04. The summed E-state index contributed by atoms with van der Waals surface area (Å²) in [4.78, 5) is 0. The molecule has 1 heterocycles. The maximum Gasteiger partial charge on any atom is 0.191 e. The van der Waals surface area contributed by atoms with Crippen molar-refractivity contribution in [3.8, 4) is 11.4 Å². The Hall–Kier alpha value is -2.14. The van der Waals surface area contributed by atoms with Crippen LogP contribution in [0.2, 0.25) is 0 Å². The molecule has 0 unspecified atom stereocenters. The van der Waals surface area contributed by atoms with Crippen molar-refractivity contribution in [3.63, 3.8) is 0 Å². The zero-order chi connectivity index (χ0) is 15.5. The van der Waals surface area contributed by atoms with Crippen molar-refractivity contribution < 1.29 is 4.39 Å². The molecule has 0 aliphatic rings. The Morgan fingerprint density at radius 1 is 1.09 bits per heavy atom.